The van der Waals surface area contributed by atoms with Crippen LogP contribution in [0.25, 0.3) is 11.1 Å². The quantitative estimate of drug-likeness (QED) is 0.798. The van der Waals surface area contributed by atoms with Gasteiger partial charge < -0.3 is 14.4 Å². The molecule has 1 aromatic carbocycles. The van der Waals surface area contributed by atoms with Crippen molar-refractivity contribution in [2.24, 2.45) is 0 Å². The van der Waals surface area contributed by atoms with Gasteiger partial charge in [-0.25, -0.2) is 4.79 Å². The van der Waals surface area contributed by atoms with Gasteiger partial charge in [0.1, 0.15) is 17.7 Å². The molecule has 0 aliphatic rings. The summed E-state index contributed by atoms with van der Waals surface area (Å²) in [6.45, 7) is 4.17. The van der Waals surface area contributed by atoms with E-state index in [1.165, 1.54) is 12.1 Å². The van der Waals surface area contributed by atoms with Gasteiger partial charge in [-0.1, -0.05) is 18.2 Å². The Balaban J connectivity index is 2.63. The molecule has 150 valence electrons. The number of carboxylic acids is 1. The number of benzene rings is 1. The van der Waals surface area contributed by atoms with Crippen molar-refractivity contribution in [1.29, 1.82) is 0 Å². The third kappa shape index (κ3) is 4.99. The van der Waals surface area contributed by atoms with Crippen LogP contribution >= 0.6 is 0 Å². The molecular weight excluding hydrogens is 379 g/mol. The van der Waals surface area contributed by atoms with Crippen LogP contribution in [-0.4, -0.2) is 27.2 Å². The first-order valence-electron chi connectivity index (χ1n) is 8.16. The Morgan fingerprint density at radius 1 is 1.14 bits per heavy atom. The number of pyridine rings is 1. The summed E-state index contributed by atoms with van der Waals surface area (Å²) < 4.78 is 45.8. The van der Waals surface area contributed by atoms with Gasteiger partial charge >= 0.3 is 18.1 Å². The number of aromatic carboxylic acids is 1. The highest BCUT2D eigenvalue weighted by atomic mass is 19.4. The first-order chi connectivity index (χ1) is 12.8. The second kappa shape index (κ2) is 7.49. The average molecular weight is 397 g/mol. The third-order valence-corrected chi connectivity index (χ3v) is 3.58. The molecule has 0 aliphatic carbocycles. The van der Waals surface area contributed by atoms with E-state index < -0.39 is 46.9 Å². The van der Waals surface area contributed by atoms with Gasteiger partial charge in [0.15, 0.2) is 0 Å². The number of alkyl halides is 3. The van der Waals surface area contributed by atoms with E-state index in [1.807, 2.05) is 0 Å². The van der Waals surface area contributed by atoms with Crippen LogP contribution in [0.4, 0.5) is 13.2 Å². The van der Waals surface area contributed by atoms with Crippen molar-refractivity contribution in [2.45, 2.75) is 39.1 Å². The lowest BCUT2D eigenvalue weighted by molar-refractivity contribution is -0.155. The van der Waals surface area contributed by atoms with Crippen LogP contribution in [-0.2, 0) is 22.3 Å². The number of esters is 1. The van der Waals surface area contributed by atoms with Crippen molar-refractivity contribution in [3.05, 3.63) is 58.0 Å². The summed E-state index contributed by atoms with van der Waals surface area (Å²) in [7, 11) is 0. The molecule has 0 spiro atoms. The fourth-order valence-corrected chi connectivity index (χ4v) is 2.55. The van der Waals surface area contributed by atoms with E-state index in [0.717, 1.165) is 29.0 Å². The molecule has 0 atom stereocenters. The van der Waals surface area contributed by atoms with Crippen LogP contribution in [0.1, 0.15) is 36.7 Å². The van der Waals surface area contributed by atoms with Crippen molar-refractivity contribution in [1.82, 2.24) is 4.57 Å². The minimum Gasteiger partial charge on any atom is -0.477 e. The molecule has 2 aromatic rings. The zero-order valence-electron chi connectivity index (χ0n) is 15.3. The van der Waals surface area contributed by atoms with Crippen molar-refractivity contribution < 1.29 is 32.6 Å². The molecule has 2 rings (SSSR count). The van der Waals surface area contributed by atoms with Crippen LogP contribution in [0, 0.1) is 0 Å². The number of nitrogens with zero attached hydrogens (tertiary/aromatic N) is 1. The van der Waals surface area contributed by atoms with E-state index in [0.29, 0.717) is 0 Å². The monoisotopic (exact) mass is 397 g/mol. The summed E-state index contributed by atoms with van der Waals surface area (Å²) in [5.41, 5.74) is -4.08. The van der Waals surface area contributed by atoms with Crippen LogP contribution < -0.4 is 5.56 Å². The van der Waals surface area contributed by atoms with Gasteiger partial charge in [0.05, 0.1) is 5.56 Å². The van der Waals surface area contributed by atoms with Crippen LogP contribution in [0.5, 0.6) is 0 Å². The molecule has 0 unspecified atom stereocenters. The number of carbonyl (C=O) groups is 2. The van der Waals surface area contributed by atoms with E-state index in [2.05, 4.69) is 0 Å². The standard InChI is InChI=1S/C19H18F3NO5/c1-18(2,3)28-15(24)10-23-9-11(8-13(16(23)25)17(26)27)12-6-4-5-7-14(12)19(20,21)22/h4-9H,10H2,1-3H3,(H,26,27). The van der Waals surface area contributed by atoms with Gasteiger partial charge in [-0.3, -0.25) is 9.59 Å². The minimum absolute atomic E-state index is 0.159. The van der Waals surface area contributed by atoms with Crippen molar-refractivity contribution in [3.63, 3.8) is 0 Å². The lowest BCUT2D eigenvalue weighted by Gasteiger charge is -2.20. The Morgan fingerprint density at radius 2 is 1.75 bits per heavy atom. The molecule has 0 saturated heterocycles. The number of hydrogen-bond donors (Lipinski definition) is 1. The van der Waals surface area contributed by atoms with Crippen molar-refractivity contribution in [3.8, 4) is 11.1 Å². The molecule has 28 heavy (non-hydrogen) atoms. The molecule has 0 fully saturated rings. The SMILES string of the molecule is CC(C)(C)OC(=O)Cn1cc(-c2ccccc2C(F)(F)F)cc(C(=O)O)c1=O. The second-order valence-corrected chi connectivity index (χ2v) is 7.01. The molecule has 0 radical (unpaired) electrons. The van der Waals surface area contributed by atoms with Gasteiger partial charge in [-0.2, -0.15) is 13.2 Å². The Morgan fingerprint density at radius 3 is 2.29 bits per heavy atom. The Bertz CT molecular complexity index is 971. The number of ether oxygens (including phenoxy) is 1. The Kier molecular flexibility index (Phi) is 5.67. The van der Waals surface area contributed by atoms with Gasteiger partial charge in [-0.05, 0) is 44.0 Å². The van der Waals surface area contributed by atoms with Crippen LogP contribution in [0.2, 0.25) is 0 Å². The largest absolute Gasteiger partial charge is 0.477 e. The zero-order valence-corrected chi connectivity index (χ0v) is 15.3. The van der Waals surface area contributed by atoms with E-state index >= 15 is 0 Å². The summed E-state index contributed by atoms with van der Waals surface area (Å²) in [6, 6.07) is 5.42. The molecule has 9 heteroatoms. The molecule has 1 aromatic heterocycles. The maximum absolute atomic E-state index is 13.3. The number of hydrogen-bond acceptors (Lipinski definition) is 4. The number of carbonyl (C=O) groups excluding carboxylic acids is 1. The molecule has 0 saturated carbocycles. The fraction of sp³-hybridized carbons (Fsp3) is 0.316. The smallest absolute Gasteiger partial charge is 0.417 e. The van der Waals surface area contributed by atoms with Crippen LogP contribution in [0.15, 0.2) is 41.3 Å². The predicted molar refractivity (Wildman–Crippen MR) is 93.9 cm³/mol. The first kappa shape index (κ1) is 21.2. The third-order valence-electron chi connectivity index (χ3n) is 3.58. The first-order valence-corrected chi connectivity index (χ1v) is 8.16. The summed E-state index contributed by atoms with van der Waals surface area (Å²) in [5.74, 6) is -2.44. The number of carboxylic acid groups (broad SMARTS) is 1. The van der Waals surface area contributed by atoms with Crippen LogP contribution in [0.3, 0.4) is 0 Å². The Labute approximate surface area is 158 Å². The molecule has 1 heterocycles. The van der Waals surface area contributed by atoms with Crippen molar-refractivity contribution >= 4 is 11.9 Å². The zero-order chi connectivity index (χ0) is 21.3. The molecule has 1 N–H and O–H groups in total. The molecule has 0 aliphatic heterocycles. The highest BCUT2D eigenvalue weighted by Gasteiger charge is 2.33. The maximum atomic E-state index is 13.3. The summed E-state index contributed by atoms with van der Waals surface area (Å²) >= 11 is 0. The lowest BCUT2D eigenvalue weighted by Crippen LogP contribution is -2.32. The molecular formula is C19H18F3NO5. The van der Waals surface area contributed by atoms with Gasteiger partial charge in [0, 0.05) is 6.20 Å². The molecule has 6 nitrogen and oxygen atoms in total. The fourth-order valence-electron chi connectivity index (χ4n) is 2.55. The second-order valence-electron chi connectivity index (χ2n) is 7.01. The minimum atomic E-state index is -4.69. The average Bonchev–Trinajstić information content (AvgIpc) is 2.54. The predicted octanol–water partition coefficient (Wildman–Crippen LogP) is 3.57. The highest BCUT2D eigenvalue weighted by Crippen LogP contribution is 2.36. The summed E-state index contributed by atoms with van der Waals surface area (Å²) in [5, 5.41) is 9.26. The lowest BCUT2D eigenvalue weighted by atomic mass is 9.99. The van der Waals surface area contributed by atoms with E-state index in [4.69, 9.17) is 4.74 Å². The van der Waals surface area contributed by atoms with E-state index in [1.54, 1.807) is 20.8 Å². The number of aromatic nitrogens is 1. The van der Waals surface area contributed by atoms with E-state index in [9.17, 15) is 32.7 Å². The maximum Gasteiger partial charge on any atom is 0.417 e. The topological polar surface area (TPSA) is 85.6 Å². The normalized spacial score (nSPS) is 11.9. The number of halogens is 3. The van der Waals surface area contributed by atoms with Gasteiger partial charge in [0.2, 0.25) is 0 Å². The molecule has 0 bridgehead atoms. The summed E-state index contributed by atoms with van der Waals surface area (Å²) in [4.78, 5) is 35.8. The summed E-state index contributed by atoms with van der Waals surface area (Å²) in [6.07, 6.45) is -3.67. The Hall–Kier alpha value is -3.10. The van der Waals surface area contributed by atoms with Crippen molar-refractivity contribution in [2.75, 3.05) is 0 Å². The van der Waals surface area contributed by atoms with Gasteiger partial charge in [0.25, 0.3) is 5.56 Å². The highest BCUT2D eigenvalue weighted by molar-refractivity contribution is 5.89. The number of rotatable bonds is 4. The van der Waals surface area contributed by atoms with E-state index in [-0.39, 0.29) is 11.1 Å². The molecule has 0 amide bonds. The van der Waals surface area contributed by atoms with Gasteiger partial charge in [-0.15, -0.1) is 0 Å².